The minimum absolute atomic E-state index is 0.107. The quantitative estimate of drug-likeness (QED) is 0.529. The zero-order chi connectivity index (χ0) is 10.3. The Kier molecular flexibility index (Phi) is 5.88. The van der Waals surface area contributed by atoms with Crippen molar-refractivity contribution < 1.29 is 14.7 Å². The number of amides is 1. The van der Waals surface area contributed by atoms with Crippen LogP contribution in [-0.4, -0.2) is 36.6 Å². The number of carboxylic acid groups (broad SMARTS) is 1. The minimum atomic E-state index is -0.959. The molecule has 0 aromatic heterocycles. The second-order valence-electron chi connectivity index (χ2n) is 2.73. The van der Waals surface area contributed by atoms with E-state index in [-0.39, 0.29) is 12.5 Å². The van der Waals surface area contributed by atoms with E-state index in [1.807, 2.05) is 6.92 Å². The molecule has 0 fully saturated rings. The van der Waals surface area contributed by atoms with Gasteiger partial charge in [-0.05, 0) is 13.5 Å². The number of rotatable bonds is 6. The Balaban J connectivity index is 3.72. The summed E-state index contributed by atoms with van der Waals surface area (Å²) in [5.74, 6) is -1.07. The molecule has 5 nitrogen and oxygen atoms in total. The molecule has 0 saturated heterocycles. The summed E-state index contributed by atoms with van der Waals surface area (Å²) in [5, 5.41) is 13.7. The van der Waals surface area contributed by atoms with E-state index in [2.05, 4.69) is 10.6 Å². The molecule has 76 valence electrons. The second kappa shape index (κ2) is 6.42. The standard InChI is InChI=1S/C8H16N2O3/c1-3-4-7(11)10-5-6(9-2)8(12)13/h6,9H,3-5H2,1-2H3,(H,10,11)(H,12,13)/t6-/m1/s1. The number of hydrogen-bond acceptors (Lipinski definition) is 3. The predicted molar refractivity (Wildman–Crippen MR) is 48.4 cm³/mol. The van der Waals surface area contributed by atoms with E-state index in [9.17, 15) is 9.59 Å². The predicted octanol–water partition coefficient (Wildman–Crippen LogP) is -0.425. The molecule has 0 aromatic rings. The zero-order valence-corrected chi connectivity index (χ0v) is 7.96. The fourth-order valence-corrected chi connectivity index (χ4v) is 0.844. The van der Waals surface area contributed by atoms with E-state index in [1.54, 1.807) is 7.05 Å². The van der Waals surface area contributed by atoms with Crippen LogP contribution in [0.1, 0.15) is 19.8 Å². The van der Waals surface area contributed by atoms with Gasteiger partial charge in [0.25, 0.3) is 0 Å². The molecule has 0 saturated carbocycles. The smallest absolute Gasteiger partial charge is 0.322 e. The second-order valence-corrected chi connectivity index (χ2v) is 2.73. The molecule has 0 aromatic carbocycles. The molecule has 3 N–H and O–H groups in total. The molecule has 0 radical (unpaired) electrons. The highest BCUT2D eigenvalue weighted by Crippen LogP contribution is 1.86. The monoisotopic (exact) mass is 188 g/mol. The highest BCUT2D eigenvalue weighted by molar-refractivity contribution is 5.78. The highest BCUT2D eigenvalue weighted by Gasteiger charge is 2.14. The average molecular weight is 188 g/mol. The van der Waals surface area contributed by atoms with Gasteiger partial charge in [-0.25, -0.2) is 0 Å². The molecule has 1 atom stereocenters. The van der Waals surface area contributed by atoms with Gasteiger partial charge < -0.3 is 15.7 Å². The summed E-state index contributed by atoms with van der Waals surface area (Å²) < 4.78 is 0. The first-order chi connectivity index (χ1) is 6.11. The number of aliphatic carboxylic acids is 1. The fourth-order valence-electron chi connectivity index (χ4n) is 0.844. The third-order valence-electron chi connectivity index (χ3n) is 1.63. The minimum Gasteiger partial charge on any atom is -0.480 e. The van der Waals surface area contributed by atoms with Crippen LogP contribution in [0.5, 0.6) is 0 Å². The Bertz CT molecular complexity index is 182. The molecule has 0 bridgehead atoms. The van der Waals surface area contributed by atoms with E-state index < -0.39 is 12.0 Å². The van der Waals surface area contributed by atoms with Crippen LogP contribution in [0.3, 0.4) is 0 Å². The highest BCUT2D eigenvalue weighted by atomic mass is 16.4. The van der Waals surface area contributed by atoms with Gasteiger partial charge in [-0.3, -0.25) is 9.59 Å². The number of nitrogens with one attached hydrogen (secondary N) is 2. The Hall–Kier alpha value is -1.10. The first kappa shape index (κ1) is 11.9. The van der Waals surface area contributed by atoms with Gasteiger partial charge in [0.05, 0.1) is 0 Å². The topological polar surface area (TPSA) is 78.4 Å². The maximum Gasteiger partial charge on any atom is 0.322 e. The summed E-state index contributed by atoms with van der Waals surface area (Å²) in [5.41, 5.74) is 0. The van der Waals surface area contributed by atoms with Crippen LogP contribution < -0.4 is 10.6 Å². The number of carbonyl (C=O) groups is 2. The van der Waals surface area contributed by atoms with Crippen molar-refractivity contribution in [2.24, 2.45) is 0 Å². The summed E-state index contributed by atoms with van der Waals surface area (Å²) in [6.45, 7) is 2.02. The van der Waals surface area contributed by atoms with Crippen molar-refractivity contribution >= 4 is 11.9 Å². The molecular weight excluding hydrogens is 172 g/mol. The van der Waals surface area contributed by atoms with Crippen LogP contribution in [-0.2, 0) is 9.59 Å². The Morgan fingerprint density at radius 3 is 2.46 bits per heavy atom. The maximum atomic E-state index is 11.0. The van der Waals surface area contributed by atoms with Crippen LogP contribution in [0.25, 0.3) is 0 Å². The van der Waals surface area contributed by atoms with Gasteiger partial charge in [-0.2, -0.15) is 0 Å². The zero-order valence-electron chi connectivity index (χ0n) is 7.96. The number of carboxylic acids is 1. The molecule has 0 unspecified atom stereocenters. The van der Waals surface area contributed by atoms with Gasteiger partial charge in [0.2, 0.25) is 5.91 Å². The van der Waals surface area contributed by atoms with Gasteiger partial charge in [-0.15, -0.1) is 0 Å². The summed E-state index contributed by atoms with van der Waals surface area (Å²) in [4.78, 5) is 21.4. The van der Waals surface area contributed by atoms with Crippen molar-refractivity contribution in [2.75, 3.05) is 13.6 Å². The van der Waals surface area contributed by atoms with Crippen LogP contribution in [0.15, 0.2) is 0 Å². The van der Waals surface area contributed by atoms with Crippen LogP contribution in [0.2, 0.25) is 0 Å². The molecule has 0 aliphatic rings. The Morgan fingerprint density at radius 1 is 1.46 bits per heavy atom. The summed E-state index contributed by atoms with van der Waals surface area (Å²) in [6.07, 6.45) is 1.21. The van der Waals surface area contributed by atoms with E-state index >= 15 is 0 Å². The van der Waals surface area contributed by atoms with Gasteiger partial charge in [0.15, 0.2) is 0 Å². The van der Waals surface area contributed by atoms with Crippen molar-refractivity contribution in [3.8, 4) is 0 Å². The van der Waals surface area contributed by atoms with Crippen molar-refractivity contribution in [1.82, 2.24) is 10.6 Å². The largest absolute Gasteiger partial charge is 0.480 e. The number of likely N-dealkylation sites (N-methyl/N-ethyl adjacent to an activating group) is 1. The molecule has 0 rings (SSSR count). The van der Waals surface area contributed by atoms with Crippen LogP contribution >= 0.6 is 0 Å². The first-order valence-electron chi connectivity index (χ1n) is 4.28. The third kappa shape index (κ3) is 5.19. The molecule has 5 heteroatoms. The number of carbonyl (C=O) groups excluding carboxylic acids is 1. The molecule has 13 heavy (non-hydrogen) atoms. The average Bonchev–Trinajstić information content (AvgIpc) is 2.05. The lowest BCUT2D eigenvalue weighted by Gasteiger charge is -2.11. The van der Waals surface area contributed by atoms with Gasteiger partial charge >= 0.3 is 5.97 Å². The van der Waals surface area contributed by atoms with E-state index in [0.29, 0.717) is 6.42 Å². The van der Waals surface area contributed by atoms with Crippen molar-refractivity contribution in [3.05, 3.63) is 0 Å². The lowest BCUT2D eigenvalue weighted by Crippen LogP contribution is -2.44. The Morgan fingerprint density at radius 2 is 2.08 bits per heavy atom. The summed E-state index contributed by atoms with van der Waals surface area (Å²) in [6, 6.07) is -0.708. The molecule has 0 aliphatic carbocycles. The van der Waals surface area contributed by atoms with E-state index in [0.717, 1.165) is 6.42 Å². The van der Waals surface area contributed by atoms with Crippen LogP contribution in [0.4, 0.5) is 0 Å². The molecule has 0 spiro atoms. The molecular formula is C8H16N2O3. The normalized spacial score (nSPS) is 12.2. The Labute approximate surface area is 77.5 Å². The first-order valence-corrected chi connectivity index (χ1v) is 4.28. The summed E-state index contributed by atoms with van der Waals surface area (Å²) >= 11 is 0. The summed E-state index contributed by atoms with van der Waals surface area (Å²) in [7, 11) is 1.55. The van der Waals surface area contributed by atoms with Crippen molar-refractivity contribution in [2.45, 2.75) is 25.8 Å². The number of hydrogen-bond donors (Lipinski definition) is 3. The molecule has 0 heterocycles. The molecule has 0 aliphatic heterocycles. The SMILES string of the molecule is CCCC(=O)NC[C@@H](NC)C(=O)O. The fraction of sp³-hybridized carbons (Fsp3) is 0.750. The van der Waals surface area contributed by atoms with Gasteiger partial charge in [-0.1, -0.05) is 6.92 Å². The van der Waals surface area contributed by atoms with Crippen molar-refractivity contribution in [1.29, 1.82) is 0 Å². The van der Waals surface area contributed by atoms with Crippen LogP contribution in [0, 0.1) is 0 Å². The van der Waals surface area contributed by atoms with Gasteiger partial charge in [0.1, 0.15) is 6.04 Å². The maximum absolute atomic E-state index is 11.0. The third-order valence-corrected chi connectivity index (χ3v) is 1.63. The molecule has 1 amide bonds. The van der Waals surface area contributed by atoms with Crippen molar-refractivity contribution in [3.63, 3.8) is 0 Å². The lowest BCUT2D eigenvalue weighted by atomic mass is 10.3. The van der Waals surface area contributed by atoms with E-state index in [1.165, 1.54) is 0 Å². The van der Waals surface area contributed by atoms with E-state index in [4.69, 9.17) is 5.11 Å². The van der Waals surface area contributed by atoms with Gasteiger partial charge in [0, 0.05) is 13.0 Å². The lowest BCUT2D eigenvalue weighted by molar-refractivity contribution is -0.139.